The molecule has 12 amide bonds. The standard InChI is InChI=1S/C65H88N16O16S2/c1-34(2)54-64(97)78-47(29-36-15-19-40(83)20-16-36)60(93)74-43(12-7-26-71-65(68)69)57(90)70-27-25-52(85)73-44(21-23-51(66)84)58(91)77-48(30-38-31-72-42-11-6-5-10-41(38)42)62(95)75-45(22-24-53(86)87)59(92)79-49(55(67)88)32-98-99-33-50(63(96)81-54)80-61(94)46(28-35-13-17-39(82)18-14-35)76-56(89)37-8-3-4-9-37/h5-6,10-11,13-20,31,34,37,43-50,54,72,82-83H,3-4,7-9,12,21-30,32-33H2,1-2H3,(H2,66,84)(H2,67,88)(H,70,90)(H,73,85)(H,74,93)(H,75,95)(H,76,89)(H,77,91)(H,78,97)(H,79,92)(H,80,94)(H,81,96)(H,86,87)(H4,68,69,71)/t43-,44-,45-,46-,47-,48-,49+,50-,54-/m0/s1. The third kappa shape index (κ3) is 25.7. The van der Waals surface area contributed by atoms with Crippen LogP contribution in [0.15, 0.2) is 84.0 Å². The number of phenols is 2. The lowest BCUT2D eigenvalue weighted by Crippen LogP contribution is -2.61. The number of hydrogen-bond donors (Lipinski definition) is 18. The van der Waals surface area contributed by atoms with Crippen molar-refractivity contribution >= 4 is 115 Å². The predicted octanol–water partition coefficient (Wildman–Crippen LogP) is -1.61. The monoisotopic (exact) mass is 1410 g/mol. The van der Waals surface area contributed by atoms with Gasteiger partial charge in [-0.25, -0.2) is 0 Å². The van der Waals surface area contributed by atoms with E-state index in [-0.39, 0.29) is 67.6 Å². The number of H-pyrrole nitrogens is 1. The van der Waals surface area contributed by atoms with Gasteiger partial charge in [-0.2, -0.15) is 0 Å². The van der Waals surface area contributed by atoms with Crippen molar-refractivity contribution in [2.75, 3.05) is 24.6 Å². The highest BCUT2D eigenvalue weighted by atomic mass is 33.1. The van der Waals surface area contributed by atoms with Crippen LogP contribution in [0.1, 0.15) is 101 Å². The Morgan fingerprint density at radius 2 is 1.19 bits per heavy atom. The number of aromatic nitrogens is 1. The number of carboxylic acid groups (broad SMARTS) is 1. The van der Waals surface area contributed by atoms with Crippen molar-refractivity contribution in [1.29, 1.82) is 0 Å². The van der Waals surface area contributed by atoms with Crippen molar-refractivity contribution in [3.8, 4) is 11.5 Å². The average molecular weight is 1410 g/mol. The van der Waals surface area contributed by atoms with Crippen LogP contribution in [0.25, 0.3) is 10.9 Å². The van der Waals surface area contributed by atoms with E-state index in [9.17, 15) is 77.6 Å². The number of carboxylic acids is 1. The Labute approximate surface area is 578 Å². The lowest BCUT2D eigenvalue weighted by Gasteiger charge is -2.29. The Balaban J connectivity index is 1.40. The van der Waals surface area contributed by atoms with Crippen molar-refractivity contribution in [2.24, 2.45) is 39.8 Å². The number of rotatable bonds is 22. The molecule has 99 heavy (non-hydrogen) atoms. The molecule has 6 rings (SSSR count). The van der Waals surface area contributed by atoms with Crippen LogP contribution < -0.4 is 76.1 Å². The smallest absolute Gasteiger partial charge is 0.303 e. The van der Waals surface area contributed by atoms with Gasteiger partial charge in [0.1, 0.15) is 65.9 Å². The second kappa shape index (κ2) is 38.7. The van der Waals surface area contributed by atoms with E-state index in [4.69, 9.17) is 22.9 Å². The van der Waals surface area contributed by atoms with Crippen molar-refractivity contribution in [2.45, 2.75) is 158 Å². The van der Waals surface area contributed by atoms with E-state index in [1.165, 1.54) is 36.4 Å². The highest BCUT2D eigenvalue weighted by molar-refractivity contribution is 8.76. The van der Waals surface area contributed by atoms with Gasteiger partial charge in [0.2, 0.25) is 70.9 Å². The molecule has 2 fully saturated rings. The Morgan fingerprint density at radius 3 is 1.82 bits per heavy atom. The van der Waals surface area contributed by atoms with Crippen molar-refractivity contribution < 1.29 is 77.6 Å². The summed E-state index contributed by atoms with van der Waals surface area (Å²) in [6, 6.07) is 4.76. The van der Waals surface area contributed by atoms with Gasteiger partial charge in [0.15, 0.2) is 5.96 Å². The lowest BCUT2D eigenvalue weighted by atomic mass is 10.00. The summed E-state index contributed by atoms with van der Waals surface area (Å²) in [5.41, 5.74) is 24.5. The maximum Gasteiger partial charge on any atom is 0.303 e. The SMILES string of the molecule is CC(C)[C@@H]1NC(=O)[C@@H](NC(=O)[C@H](Cc2ccc(O)cc2)NC(=O)C2CCCC2)CSSC[C@H](C(N)=O)NC(=O)[C@H](CCC(=O)O)NC(=O)[C@H](Cc2c[nH]c3ccccc23)NC(=O)[C@H](CCC(N)=O)NC(=O)CCNC(=O)[C@H](CCCN=C(N)N)NC(=O)[C@H](Cc2ccc(O)cc2)NC1=O. The van der Waals surface area contributed by atoms with E-state index < -0.39 is 182 Å². The molecule has 4 aromatic rings. The Kier molecular flexibility index (Phi) is 30.5. The van der Waals surface area contributed by atoms with Crippen LogP contribution in [-0.2, 0) is 81.6 Å². The minimum atomic E-state index is -1.72. The molecule has 22 N–H and O–H groups in total. The molecule has 3 aromatic carbocycles. The summed E-state index contributed by atoms with van der Waals surface area (Å²) >= 11 is 0. The molecule has 9 atom stereocenters. The summed E-state index contributed by atoms with van der Waals surface area (Å²) in [7, 11) is 1.78. The van der Waals surface area contributed by atoms with Gasteiger partial charge >= 0.3 is 5.97 Å². The summed E-state index contributed by atoms with van der Waals surface area (Å²) in [5, 5.41) is 56.9. The summed E-state index contributed by atoms with van der Waals surface area (Å²) < 4.78 is 0. The van der Waals surface area contributed by atoms with Gasteiger partial charge in [-0.1, -0.05) is 90.7 Å². The van der Waals surface area contributed by atoms with Crippen molar-refractivity contribution in [3.63, 3.8) is 0 Å². The number of nitrogens with zero attached hydrogens (tertiary/aromatic N) is 1. The highest BCUT2D eigenvalue weighted by Gasteiger charge is 2.37. The predicted molar refractivity (Wildman–Crippen MR) is 367 cm³/mol. The molecule has 34 heteroatoms. The number of aromatic hydroxyl groups is 2. The third-order valence-electron chi connectivity index (χ3n) is 16.4. The maximum atomic E-state index is 14.9. The normalized spacial score (nSPS) is 22.1. The fourth-order valence-electron chi connectivity index (χ4n) is 10.9. The molecular weight excluding hydrogens is 1320 g/mol. The Morgan fingerprint density at radius 1 is 0.626 bits per heavy atom. The second-order valence-corrected chi connectivity index (χ2v) is 27.0. The van der Waals surface area contributed by atoms with Gasteiger partial charge in [-0.05, 0) is 91.5 Å². The summed E-state index contributed by atoms with van der Waals surface area (Å²) in [5.74, 6) is -14.5. The van der Waals surface area contributed by atoms with Crippen LogP contribution in [0, 0.1) is 11.8 Å². The van der Waals surface area contributed by atoms with Crippen LogP contribution in [0.3, 0.4) is 0 Å². The molecule has 0 radical (unpaired) electrons. The minimum Gasteiger partial charge on any atom is -0.508 e. The third-order valence-corrected chi connectivity index (χ3v) is 18.8. The maximum absolute atomic E-state index is 14.9. The number of aromatic amines is 1. The van der Waals surface area contributed by atoms with Crippen LogP contribution in [-0.4, -0.2) is 182 Å². The topological polar surface area (TPSA) is 535 Å². The number of carbonyl (C=O) groups is 13. The van der Waals surface area contributed by atoms with E-state index >= 15 is 0 Å². The molecule has 32 nitrogen and oxygen atoms in total. The number of para-hydroxylation sites is 1. The Hall–Kier alpha value is -10.1. The van der Waals surface area contributed by atoms with E-state index in [1.807, 2.05) is 0 Å². The first-order valence-corrected chi connectivity index (χ1v) is 34.8. The zero-order valence-corrected chi connectivity index (χ0v) is 56.4. The molecule has 1 saturated heterocycles. The van der Waals surface area contributed by atoms with Gasteiger partial charge in [-0.15, -0.1) is 0 Å². The zero-order valence-electron chi connectivity index (χ0n) is 54.8. The van der Waals surface area contributed by atoms with Crippen LogP contribution in [0.2, 0.25) is 0 Å². The van der Waals surface area contributed by atoms with Crippen LogP contribution in [0.5, 0.6) is 11.5 Å². The molecule has 2 aliphatic rings. The van der Waals surface area contributed by atoms with E-state index in [0.29, 0.717) is 40.4 Å². The zero-order chi connectivity index (χ0) is 72.3. The molecular formula is C65H88N16O16S2. The first-order valence-electron chi connectivity index (χ1n) is 32.3. The summed E-state index contributed by atoms with van der Waals surface area (Å²) in [6.07, 6.45) is 1.00. The molecule has 0 unspecified atom stereocenters. The van der Waals surface area contributed by atoms with Gasteiger partial charge in [0, 0.05) is 86.1 Å². The molecule has 1 aliphatic heterocycles. The number of carbonyl (C=O) groups excluding carboxylic acids is 12. The Bertz CT molecular complexity index is 3550. The molecule has 2 heterocycles. The number of aliphatic imine (C=N–C) groups is 1. The van der Waals surface area contributed by atoms with Crippen LogP contribution in [0.4, 0.5) is 0 Å². The van der Waals surface area contributed by atoms with Gasteiger partial charge in [0.05, 0.1) is 0 Å². The molecule has 1 aromatic heterocycles. The van der Waals surface area contributed by atoms with Gasteiger partial charge in [-0.3, -0.25) is 67.3 Å². The number of guanidine groups is 1. The van der Waals surface area contributed by atoms with Crippen LogP contribution >= 0.6 is 21.6 Å². The first-order chi connectivity index (χ1) is 47.1. The average Bonchev–Trinajstić information content (AvgIpc) is 1.44. The van der Waals surface area contributed by atoms with E-state index in [1.54, 1.807) is 56.4 Å². The van der Waals surface area contributed by atoms with Crippen molar-refractivity contribution in [3.05, 3.63) is 95.7 Å². The fraction of sp³-hybridized carbons (Fsp3) is 0.477. The largest absolute Gasteiger partial charge is 0.508 e. The van der Waals surface area contributed by atoms with Gasteiger partial charge in [0.25, 0.3) is 0 Å². The number of amides is 12. The number of benzene rings is 3. The number of nitrogens with two attached hydrogens (primary N) is 4. The number of hydrogen-bond acceptors (Lipinski definition) is 18. The molecule has 1 saturated carbocycles. The second-order valence-electron chi connectivity index (χ2n) is 24.5. The molecule has 0 spiro atoms. The van der Waals surface area contributed by atoms with E-state index in [0.717, 1.165) is 34.4 Å². The quantitative estimate of drug-likeness (QED) is 0.0182. The van der Waals surface area contributed by atoms with E-state index in [2.05, 4.69) is 63.1 Å². The number of fused-ring (bicyclic) bond motifs is 1. The fourth-order valence-corrected chi connectivity index (χ4v) is 13.3. The molecule has 0 bridgehead atoms. The summed E-state index contributed by atoms with van der Waals surface area (Å²) in [6.45, 7) is 2.74. The number of aliphatic carboxylic acids is 1. The highest BCUT2D eigenvalue weighted by Crippen LogP contribution is 2.27. The van der Waals surface area contributed by atoms with Gasteiger partial charge < -0.3 is 96.4 Å². The molecule has 1 aliphatic carbocycles. The minimum absolute atomic E-state index is 0.00573. The lowest BCUT2D eigenvalue weighted by molar-refractivity contribution is -0.138. The number of nitrogens with one attached hydrogen (secondary N) is 11. The number of phenolic OH excluding ortho intramolecular Hbond substituents is 2. The first kappa shape index (κ1) is 77.9. The molecule has 536 valence electrons. The number of primary amides is 2. The van der Waals surface area contributed by atoms with Crippen molar-refractivity contribution in [1.82, 2.24) is 58.2 Å². The summed E-state index contributed by atoms with van der Waals surface area (Å²) in [4.78, 5) is 189.